The molecule has 0 radical (unpaired) electrons. The molecule has 3 nitrogen and oxygen atoms in total. The van der Waals surface area contributed by atoms with Gasteiger partial charge in [-0.25, -0.2) is 0 Å². The van der Waals surface area contributed by atoms with Gasteiger partial charge in [-0.1, -0.05) is 13.8 Å². The lowest BCUT2D eigenvalue weighted by Crippen LogP contribution is -2.29. The van der Waals surface area contributed by atoms with Gasteiger partial charge in [0.25, 0.3) is 0 Å². The van der Waals surface area contributed by atoms with Crippen molar-refractivity contribution in [2.75, 3.05) is 26.7 Å². The number of aliphatic hydroxyl groups is 1. The summed E-state index contributed by atoms with van der Waals surface area (Å²) < 4.78 is 0. The number of rotatable bonds is 8. The molecule has 90 valence electrons. The van der Waals surface area contributed by atoms with Crippen molar-refractivity contribution < 1.29 is 5.11 Å². The molecule has 0 aromatic heterocycles. The first kappa shape index (κ1) is 14.3. The largest absolute Gasteiger partial charge is 0.495 e. The quantitative estimate of drug-likeness (QED) is 0.481. The molecule has 0 spiro atoms. The van der Waals surface area contributed by atoms with E-state index < -0.39 is 0 Å². The van der Waals surface area contributed by atoms with Crippen LogP contribution in [0.25, 0.3) is 0 Å². The van der Waals surface area contributed by atoms with Gasteiger partial charge in [0.15, 0.2) is 5.88 Å². The molecule has 0 unspecified atom stereocenters. The second-order valence-electron chi connectivity index (χ2n) is 4.35. The van der Waals surface area contributed by atoms with Gasteiger partial charge < -0.3 is 15.3 Å². The van der Waals surface area contributed by atoms with E-state index in [0.717, 1.165) is 25.6 Å². The molecule has 3 heteroatoms. The monoisotopic (exact) mass is 214 g/mol. The van der Waals surface area contributed by atoms with E-state index in [1.54, 1.807) is 6.08 Å². The first-order chi connectivity index (χ1) is 7.07. The maximum Gasteiger partial charge on any atom is 0.182 e. The summed E-state index contributed by atoms with van der Waals surface area (Å²) in [4.78, 5) is 1.84. The van der Waals surface area contributed by atoms with E-state index >= 15 is 0 Å². The molecule has 0 atom stereocenters. The number of allylic oxidation sites excluding steroid dienone is 1. The second-order valence-corrected chi connectivity index (χ2v) is 4.35. The van der Waals surface area contributed by atoms with Crippen molar-refractivity contribution in [3.63, 3.8) is 0 Å². The van der Waals surface area contributed by atoms with Gasteiger partial charge >= 0.3 is 0 Å². The SMILES string of the molecule is C/C=C(/O)N(C)CCNCCCC(C)C. The molecular formula is C12H26N2O. The first-order valence-electron chi connectivity index (χ1n) is 5.85. The smallest absolute Gasteiger partial charge is 0.182 e. The Bertz CT molecular complexity index is 178. The van der Waals surface area contributed by atoms with Crippen LogP contribution in [0.2, 0.25) is 0 Å². The van der Waals surface area contributed by atoms with E-state index in [1.165, 1.54) is 12.8 Å². The lowest BCUT2D eigenvalue weighted by atomic mass is 10.1. The zero-order chi connectivity index (χ0) is 11.7. The Balaban J connectivity index is 3.31. The van der Waals surface area contributed by atoms with E-state index in [-0.39, 0.29) is 0 Å². The molecule has 0 aliphatic carbocycles. The van der Waals surface area contributed by atoms with Crippen molar-refractivity contribution in [3.8, 4) is 0 Å². The summed E-state index contributed by atoms with van der Waals surface area (Å²) in [6.07, 6.45) is 4.22. The van der Waals surface area contributed by atoms with Gasteiger partial charge in [-0.3, -0.25) is 0 Å². The number of likely N-dealkylation sites (N-methyl/N-ethyl adjacent to an activating group) is 1. The molecule has 0 bridgehead atoms. The topological polar surface area (TPSA) is 35.5 Å². The van der Waals surface area contributed by atoms with Gasteiger partial charge in [-0.05, 0) is 38.3 Å². The number of aliphatic hydroxyl groups excluding tert-OH is 1. The van der Waals surface area contributed by atoms with Crippen molar-refractivity contribution >= 4 is 0 Å². The lowest BCUT2D eigenvalue weighted by Gasteiger charge is -2.17. The van der Waals surface area contributed by atoms with Gasteiger partial charge in [0.2, 0.25) is 0 Å². The average Bonchev–Trinajstić information content (AvgIpc) is 2.21. The molecule has 0 fully saturated rings. The standard InChI is InChI=1S/C12H26N2O/c1-5-12(15)14(4)10-9-13-8-6-7-11(2)3/h5,11,13,15H,6-10H2,1-4H3/b12-5+. The highest BCUT2D eigenvalue weighted by molar-refractivity contribution is 4.85. The van der Waals surface area contributed by atoms with E-state index in [2.05, 4.69) is 19.2 Å². The highest BCUT2D eigenvalue weighted by atomic mass is 16.3. The summed E-state index contributed by atoms with van der Waals surface area (Å²) in [6, 6.07) is 0. The minimum Gasteiger partial charge on any atom is -0.495 e. The normalized spacial score (nSPS) is 12.2. The van der Waals surface area contributed by atoms with Gasteiger partial charge in [0, 0.05) is 20.1 Å². The third-order valence-corrected chi connectivity index (χ3v) is 2.41. The summed E-state index contributed by atoms with van der Waals surface area (Å²) in [7, 11) is 1.89. The third kappa shape index (κ3) is 8.30. The Morgan fingerprint density at radius 2 is 2.07 bits per heavy atom. The van der Waals surface area contributed by atoms with Crippen LogP contribution >= 0.6 is 0 Å². The van der Waals surface area contributed by atoms with E-state index in [1.807, 2.05) is 18.9 Å². The van der Waals surface area contributed by atoms with Crippen LogP contribution in [0, 0.1) is 5.92 Å². The molecule has 0 aromatic rings. The second kappa shape index (κ2) is 8.60. The Hall–Kier alpha value is -0.700. The lowest BCUT2D eigenvalue weighted by molar-refractivity contribution is 0.232. The molecule has 0 saturated heterocycles. The zero-order valence-corrected chi connectivity index (χ0v) is 10.6. The number of hydrogen-bond acceptors (Lipinski definition) is 3. The fourth-order valence-corrected chi connectivity index (χ4v) is 1.34. The van der Waals surface area contributed by atoms with Gasteiger partial charge in [-0.15, -0.1) is 0 Å². The van der Waals surface area contributed by atoms with E-state index in [9.17, 15) is 5.11 Å². The van der Waals surface area contributed by atoms with Gasteiger partial charge in [0.1, 0.15) is 0 Å². The summed E-state index contributed by atoms with van der Waals surface area (Å²) in [5.74, 6) is 1.14. The van der Waals surface area contributed by atoms with Crippen LogP contribution in [0.5, 0.6) is 0 Å². The molecular weight excluding hydrogens is 188 g/mol. The number of nitrogens with zero attached hydrogens (tertiary/aromatic N) is 1. The van der Waals surface area contributed by atoms with Crippen LogP contribution in [0.15, 0.2) is 12.0 Å². The van der Waals surface area contributed by atoms with Crippen molar-refractivity contribution in [1.29, 1.82) is 0 Å². The van der Waals surface area contributed by atoms with Gasteiger partial charge in [-0.2, -0.15) is 0 Å². The maximum absolute atomic E-state index is 9.36. The molecule has 0 amide bonds. The average molecular weight is 214 g/mol. The van der Waals surface area contributed by atoms with Gasteiger partial charge in [0.05, 0.1) is 0 Å². The Labute approximate surface area is 94.2 Å². The Kier molecular flexibility index (Phi) is 8.19. The molecule has 0 saturated carbocycles. The number of nitrogens with one attached hydrogen (secondary N) is 1. The van der Waals surface area contributed by atoms with Crippen molar-refractivity contribution in [2.45, 2.75) is 33.6 Å². The summed E-state index contributed by atoms with van der Waals surface area (Å²) in [5, 5.41) is 12.7. The molecule has 2 N–H and O–H groups in total. The van der Waals surface area contributed by atoms with Crippen LogP contribution in [0.4, 0.5) is 0 Å². The summed E-state index contributed by atoms with van der Waals surface area (Å²) in [5.41, 5.74) is 0. The molecule has 0 rings (SSSR count). The summed E-state index contributed by atoms with van der Waals surface area (Å²) >= 11 is 0. The minimum atomic E-state index is 0.346. The summed E-state index contributed by atoms with van der Waals surface area (Å²) in [6.45, 7) is 9.17. The highest BCUT2D eigenvalue weighted by Crippen LogP contribution is 2.01. The molecule has 0 aromatic carbocycles. The Morgan fingerprint density at radius 1 is 1.40 bits per heavy atom. The predicted molar refractivity (Wildman–Crippen MR) is 66.0 cm³/mol. The zero-order valence-electron chi connectivity index (χ0n) is 10.6. The minimum absolute atomic E-state index is 0.346. The van der Waals surface area contributed by atoms with Crippen LogP contribution in [0.3, 0.4) is 0 Å². The third-order valence-electron chi connectivity index (χ3n) is 2.41. The van der Waals surface area contributed by atoms with E-state index in [4.69, 9.17) is 0 Å². The van der Waals surface area contributed by atoms with Crippen LogP contribution < -0.4 is 5.32 Å². The van der Waals surface area contributed by atoms with E-state index in [0.29, 0.717) is 5.88 Å². The first-order valence-corrected chi connectivity index (χ1v) is 5.85. The van der Waals surface area contributed by atoms with Crippen molar-refractivity contribution in [3.05, 3.63) is 12.0 Å². The molecule has 15 heavy (non-hydrogen) atoms. The molecule has 0 heterocycles. The van der Waals surface area contributed by atoms with Crippen molar-refractivity contribution in [2.24, 2.45) is 5.92 Å². The Morgan fingerprint density at radius 3 is 2.60 bits per heavy atom. The number of hydrogen-bond donors (Lipinski definition) is 2. The van der Waals surface area contributed by atoms with Crippen LogP contribution in [0.1, 0.15) is 33.6 Å². The molecule has 0 aliphatic heterocycles. The predicted octanol–water partition coefficient (Wildman–Crippen LogP) is 2.36. The highest BCUT2D eigenvalue weighted by Gasteiger charge is 1.99. The fraction of sp³-hybridized carbons (Fsp3) is 0.833. The molecule has 0 aliphatic rings. The van der Waals surface area contributed by atoms with Crippen molar-refractivity contribution in [1.82, 2.24) is 10.2 Å². The maximum atomic E-state index is 9.36. The van der Waals surface area contributed by atoms with Crippen LogP contribution in [-0.2, 0) is 0 Å². The van der Waals surface area contributed by atoms with Crippen LogP contribution in [-0.4, -0.2) is 36.7 Å². The fourth-order valence-electron chi connectivity index (χ4n) is 1.34.